The predicted octanol–water partition coefficient (Wildman–Crippen LogP) is -0.126. The van der Waals surface area contributed by atoms with Crippen LogP contribution in [0.25, 0.3) is 0 Å². The lowest BCUT2D eigenvalue weighted by atomic mass is 9.88. The third-order valence-corrected chi connectivity index (χ3v) is 5.80. The summed E-state index contributed by atoms with van der Waals surface area (Å²) in [6, 6.07) is 0. The fourth-order valence-corrected chi connectivity index (χ4v) is 3.97. The van der Waals surface area contributed by atoms with Crippen LogP contribution in [0, 0.1) is 5.92 Å². The van der Waals surface area contributed by atoms with Gasteiger partial charge in [-0.15, -0.1) is 0 Å². The molecule has 0 unspecified atom stereocenters. The summed E-state index contributed by atoms with van der Waals surface area (Å²) >= 11 is 0. The number of carbonyl (C=O) groups excluding carboxylic acids is 2. The van der Waals surface area contributed by atoms with Gasteiger partial charge in [0.05, 0.1) is 6.61 Å². The molecular formula is C21H28O9. The summed E-state index contributed by atoms with van der Waals surface area (Å²) in [7, 11) is 0. The van der Waals surface area contributed by atoms with Crippen molar-refractivity contribution in [1.82, 2.24) is 0 Å². The molecule has 9 nitrogen and oxygen atoms in total. The first-order chi connectivity index (χ1) is 14.2. The molecule has 3 aliphatic rings. The van der Waals surface area contributed by atoms with Crippen molar-refractivity contribution in [3.8, 4) is 0 Å². The Morgan fingerprint density at radius 1 is 1.27 bits per heavy atom. The van der Waals surface area contributed by atoms with Crippen molar-refractivity contribution in [2.75, 3.05) is 6.61 Å². The second kappa shape index (κ2) is 9.40. The van der Waals surface area contributed by atoms with Gasteiger partial charge in [0.2, 0.25) is 0 Å². The van der Waals surface area contributed by atoms with Gasteiger partial charge in [-0.3, -0.25) is 0 Å². The SMILES string of the molecule is C=C1C(=O)O[C@@H]2/C=C(/C)CC/C=C(/C(=O)O[C@H]3[C@@H](O)[C@@H](O)[C@@H](O)O[C@H]3CO)CC[C@@H]12. The van der Waals surface area contributed by atoms with Gasteiger partial charge in [0.15, 0.2) is 12.4 Å². The number of fused-ring (bicyclic) bond motifs is 1. The molecule has 3 rings (SSSR count). The minimum absolute atomic E-state index is 0.257. The summed E-state index contributed by atoms with van der Waals surface area (Å²) in [6.45, 7) is 5.12. The van der Waals surface area contributed by atoms with Crippen LogP contribution >= 0.6 is 0 Å². The van der Waals surface area contributed by atoms with Crippen molar-refractivity contribution in [2.24, 2.45) is 5.92 Å². The number of esters is 2. The van der Waals surface area contributed by atoms with E-state index in [2.05, 4.69) is 6.58 Å². The molecule has 2 heterocycles. The lowest BCUT2D eigenvalue weighted by molar-refractivity contribution is -0.289. The first-order valence-electron chi connectivity index (χ1n) is 10.0. The summed E-state index contributed by atoms with van der Waals surface area (Å²) in [5.74, 6) is -1.42. The number of aliphatic hydroxyl groups is 4. The summed E-state index contributed by atoms with van der Waals surface area (Å²) in [5, 5.41) is 39.0. The Balaban J connectivity index is 1.75. The molecule has 30 heavy (non-hydrogen) atoms. The van der Waals surface area contributed by atoms with E-state index in [9.17, 15) is 30.0 Å². The Kier molecular flexibility index (Phi) is 7.10. The lowest BCUT2D eigenvalue weighted by Crippen LogP contribution is -2.59. The number of ether oxygens (including phenoxy) is 3. The molecule has 9 heteroatoms. The van der Waals surface area contributed by atoms with Crippen LogP contribution in [-0.2, 0) is 23.8 Å². The topological polar surface area (TPSA) is 143 Å². The van der Waals surface area contributed by atoms with Crippen molar-refractivity contribution >= 4 is 11.9 Å². The second-order valence-electron chi connectivity index (χ2n) is 7.92. The van der Waals surface area contributed by atoms with Gasteiger partial charge in [-0.05, 0) is 38.7 Å². The number of rotatable bonds is 3. The second-order valence-corrected chi connectivity index (χ2v) is 7.92. The number of hydrogen-bond donors (Lipinski definition) is 4. The van der Waals surface area contributed by atoms with Crippen molar-refractivity contribution in [3.63, 3.8) is 0 Å². The zero-order chi connectivity index (χ0) is 22.0. The number of carbonyl (C=O) groups is 2. The van der Waals surface area contributed by atoms with E-state index in [0.29, 0.717) is 36.8 Å². The van der Waals surface area contributed by atoms with Gasteiger partial charge in [0.25, 0.3) is 0 Å². The van der Waals surface area contributed by atoms with E-state index >= 15 is 0 Å². The first kappa shape index (κ1) is 22.6. The highest BCUT2D eigenvalue weighted by Crippen LogP contribution is 2.34. The highest BCUT2D eigenvalue weighted by Gasteiger charge is 2.46. The molecule has 4 N–H and O–H groups in total. The fourth-order valence-electron chi connectivity index (χ4n) is 3.97. The van der Waals surface area contributed by atoms with Gasteiger partial charge < -0.3 is 34.6 Å². The normalized spacial score (nSPS) is 41.0. The van der Waals surface area contributed by atoms with E-state index in [-0.39, 0.29) is 5.92 Å². The molecule has 2 saturated heterocycles. The molecule has 1 aliphatic carbocycles. The van der Waals surface area contributed by atoms with Crippen LogP contribution < -0.4 is 0 Å². The smallest absolute Gasteiger partial charge is 0.334 e. The quantitative estimate of drug-likeness (QED) is 0.277. The van der Waals surface area contributed by atoms with Crippen LogP contribution in [0.3, 0.4) is 0 Å². The average Bonchev–Trinajstić information content (AvgIpc) is 2.97. The molecule has 0 saturated carbocycles. The van der Waals surface area contributed by atoms with Gasteiger partial charge in [0.1, 0.15) is 24.4 Å². The Labute approximate surface area is 174 Å². The Hall–Kier alpha value is -2.04. The molecule has 0 aromatic rings. The number of hydrogen-bond acceptors (Lipinski definition) is 9. The Morgan fingerprint density at radius 2 is 2.00 bits per heavy atom. The number of allylic oxidation sites excluding steroid dienone is 2. The molecule has 2 aliphatic heterocycles. The van der Waals surface area contributed by atoms with Crippen LogP contribution in [0.1, 0.15) is 32.6 Å². The van der Waals surface area contributed by atoms with Gasteiger partial charge in [-0.25, -0.2) is 9.59 Å². The number of aliphatic hydroxyl groups excluding tert-OH is 4. The van der Waals surface area contributed by atoms with E-state index < -0.39 is 55.4 Å². The zero-order valence-electron chi connectivity index (χ0n) is 16.8. The maximum Gasteiger partial charge on any atom is 0.334 e. The van der Waals surface area contributed by atoms with Crippen LogP contribution in [0.5, 0.6) is 0 Å². The Bertz CT molecular complexity index is 754. The molecule has 166 valence electrons. The fraction of sp³-hybridized carbons (Fsp3) is 0.619. The van der Waals surface area contributed by atoms with Crippen LogP contribution in [0.15, 0.2) is 35.5 Å². The maximum absolute atomic E-state index is 12.8. The molecule has 0 amide bonds. The summed E-state index contributed by atoms with van der Waals surface area (Å²) in [5.41, 5.74) is 1.73. The van der Waals surface area contributed by atoms with Crippen LogP contribution in [0.2, 0.25) is 0 Å². The Morgan fingerprint density at radius 3 is 2.70 bits per heavy atom. The molecule has 2 fully saturated rings. The van der Waals surface area contributed by atoms with Gasteiger partial charge in [-0.1, -0.05) is 18.2 Å². The summed E-state index contributed by atoms with van der Waals surface area (Å²) in [6.07, 6.45) is -2.32. The van der Waals surface area contributed by atoms with Crippen molar-refractivity contribution < 1.29 is 44.2 Å². The monoisotopic (exact) mass is 424 g/mol. The van der Waals surface area contributed by atoms with E-state index in [1.807, 2.05) is 13.0 Å². The first-order valence-corrected chi connectivity index (χ1v) is 10.0. The third-order valence-electron chi connectivity index (χ3n) is 5.80. The molecular weight excluding hydrogens is 396 g/mol. The average molecular weight is 424 g/mol. The van der Waals surface area contributed by atoms with Crippen molar-refractivity contribution in [2.45, 2.75) is 69.4 Å². The summed E-state index contributed by atoms with van der Waals surface area (Å²) < 4.78 is 15.8. The van der Waals surface area contributed by atoms with Crippen LogP contribution in [0.4, 0.5) is 0 Å². The van der Waals surface area contributed by atoms with Crippen molar-refractivity contribution in [1.29, 1.82) is 0 Å². The molecule has 0 aromatic carbocycles. The highest BCUT2D eigenvalue weighted by molar-refractivity contribution is 5.91. The molecule has 0 spiro atoms. The third kappa shape index (κ3) is 4.65. The predicted molar refractivity (Wildman–Crippen MR) is 103 cm³/mol. The largest absolute Gasteiger partial charge is 0.454 e. The minimum atomic E-state index is -1.70. The maximum atomic E-state index is 12.8. The van der Waals surface area contributed by atoms with E-state index in [4.69, 9.17) is 14.2 Å². The highest BCUT2D eigenvalue weighted by atomic mass is 16.7. The van der Waals surface area contributed by atoms with Crippen molar-refractivity contribution in [3.05, 3.63) is 35.5 Å². The zero-order valence-corrected chi connectivity index (χ0v) is 16.8. The van der Waals surface area contributed by atoms with E-state index in [1.165, 1.54) is 0 Å². The summed E-state index contributed by atoms with van der Waals surface area (Å²) in [4.78, 5) is 24.7. The van der Waals surface area contributed by atoms with E-state index in [1.54, 1.807) is 6.08 Å². The molecule has 0 bridgehead atoms. The van der Waals surface area contributed by atoms with Gasteiger partial charge in [0, 0.05) is 17.1 Å². The van der Waals surface area contributed by atoms with Gasteiger partial charge >= 0.3 is 11.9 Å². The molecule has 7 atom stereocenters. The lowest BCUT2D eigenvalue weighted by Gasteiger charge is -2.39. The minimum Gasteiger partial charge on any atom is -0.454 e. The van der Waals surface area contributed by atoms with E-state index in [0.717, 1.165) is 5.57 Å². The molecule has 0 radical (unpaired) electrons. The molecule has 0 aromatic heterocycles. The van der Waals surface area contributed by atoms with Crippen LogP contribution in [-0.4, -0.2) is 75.8 Å². The van der Waals surface area contributed by atoms with Gasteiger partial charge in [-0.2, -0.15) is 0 Å². The standard InChI is InChI=1S/C21H28O9/c1-10-4-3-5-12(6-7-13-11(2)19(25)28-14(13)8-10)20(26)30-18-15(9-22)29-21(27)17(24)16(18)23/h5,8,13-18,21-24,27H,2-4,6-7,9H2,1H3/b10-8-,12-5+/t13-,14+,15-,16-,17+,18+,21-/m0/s1.